The Kier molecular flexibility index (Phi) is 5.44. The number of rotatable bonds is 3. The number of para-hydroxylation sites is 1. The van der Waals surface area contributed by atoms with Gasteiger partial charge in [-0.05, 0) is 67.6 Å². The molecular weight excluding hydrogens is 539 g/mol. The molecule has 2 aromatic heterocycles. The summed E-state index contributed by atoms with van der Waals surface area (Å²) >= 11 is 1.78. The third kappa shape index (κ3) is 3.74. The smallest absolute Gasteiger partial charge is 0.125 e. The molecule has 9 aromatic rings. The lowest BCUT2D eigenvalue weighted by molar-refractivity contribution is 1.54. The van der Waals surface area contributed by atoms with Crippen LogP contribution in [0.5, 0.6) is 0 Å². The van der Waals surface area contributed by atoms with Gasteiger partial charge in [-0.1, -0.05) is 133 Å². The fourth-order valence-corrected chi connectivity index (χ4v) is 7.96. The number of aromatic nitrogens is 1. The highest BCUT2D eigenvalue weighted by atomic mass is 32.1. The molecule has 0 radical (unpaired) electrons. The number of thiophene rings is 1. The molecule has 2 heteroatoms. The molecule has 1 nitrogen and oxygen atoms in total. The summed E-state index contributed by atoms with van der Waals surface area (Å²) in [6.07, 6.45) is 0. The van der Waals surface area contributed by atoms with E-state index < -0.39 is 0 Å². The fourth-order valence-electron chi connectivity index (χ4n) is 6.86. The molecule has 200 valence electrons. The van der Waals surface area contributed by atoms with Gasteiger partial charge in [0, 0.05) is 26.4 Å². The highest BCUT2D eigenvalue weighted by Gasteiger charge is 2.19. The molecule has 0 spiro atoms. The lowest BCUT2D eigenvalue weighted by Crippen LogP contribution is -1.91. The molecule has 0 fully saturated rings. The standard InChI is InChI=1S/C41H25NS/c1-2-13-26(14-3-1)37-29-17-4-6-19-31(29)38(32-20-7-5-18-30(32)37)27-15-12-16-28(25-27)39-33-21-8-10-23-35(33)42-41-40(39)34-22-9-11-24-36(34)43-41/h1-25H. The molecule has 0 amide bonds. The molecule has 0 unspecified atom stereocenters. The summed E-state index contributed by atoms with van der Waals surface area (Å²) in [5, 5.41) is 8.77. The van der Waals surface area contributed by atoms with Gasteiger partial charge in [-0.15, -0.1) is 11.3 Å². The summed E-state index contributed by atoms with van der Waals surface area (Å²) in [4.78, 5) is 6.21. The van der Waals surface area contributed by atoms with Crippen LogP contribution in [0.1, 0.15) is 0 Å². The number of hydrogen-bond acceptors (Lipinski definition) is 2. The van der Waals surface area contributed by atoms with Crippen LogP contribution in [0.2, 0.25) is 0 Å². The molecular formula is C41H25NS. The van der Waals surface area contributed by atoms with E-state index in [9.17, 15) is 0 Å². The highest BCUT2D eigenvalue weighted by Crippen LogP contribution is 2.46. The Hall–Kier alpha value is -5.31. The van der Waals surface area contributed by atoms with Crippen LogP contribution in [0.15, 0.2) is 152 Å². The van der Waals surface area contributed by atoms with Crippen LogP contribution in [0, 0.1) is 0 Å². The van der Waals surface area contributed by atoms with Crippen molar-refractivity contribution < 1.29 is 0 Å². The summed E-state index contributed by atoms with van der Waals surface area (Å²) in [6, 6.07) is 54.9. The second kappa shape index (κ2) is 9.62. The van der Waals surface area contributed by atoms with Crippen LogP contribution in [0.3, 0.4) is 0 Å². The Morgan fingerprint density at radius 2 is 0.860 bits per heavy atom. The van der Waals surface area contributed by atoms with Gasteiger partial charge in [0.1, 0.15) is 4.83 Å². The normalized spacial score (nSPS) is 11.7. The Morgan fingerprint density at radius 3 is 1.53 bits per heavy atom. The maximum atomic E-state index is 5.12. The van der Waals surface area contributed by atoms with E-state index in [0.717, 1.165) is 10.3 Å². The molecule has 0 saturated heterocycles. The lowest BCUT2D eigenvalue weighted by Gasteiger charge is -2.18. The van der Waals surface area contributed by atoms with E-state index >= 15 is 0 Å². The molecule has 0 aliphatic heterocycles. The van der Waals surface area contributed by atoms with Crippen molar-refractivity contribution in [2.75, 3.05) is 0 Å². The molecule has 9 rings (SSSR count). The van der Waals surface area contributed by atoms with Crippen LogP contribution in [0.4, 0.5) is 0 Å². The quantitative estimate of drug-likeness (QED) is 0.195. The summed E-state index contributed by atoms with van der Waals surface area (Å²) in [7, 11) is 0. The molecule has 0 aliphatic carbocycles. The summed E-state index contributed by atoms with van der Waals surface area (Å²) in [5.41, 5.74) is 8.53. The Labute approximate surface area is 253 Å². The second-order valence-electron chi connectivity index (χ2n) is 11.1. The first-order valence-electron chi connectivity index (χ1n) is 14.6. The third-order valence-electron chi connectivity index (χ3n) is 8.66. The Morgan fingerprint density at radius 1 is 0.372 bits per heavy atom. The average Bonchev–Trinajstić information content (AvgIpc) is 3.44. The van der Waals surface area contributed by atoms with Crippen molar-refractivity contribution in [1.29, 1.82) is 0 Å². The van der Waals surface area contributed by atoms with Crippen molar-refractivity contribution in [2.45, 2.75) is 0 Å². The van der Waals surface area contributed by atoms with Gasteiger partial charge >= 0.3 is 0 Å². The SMILES string of the molecule is c1ccc(-c2c3ccccc3c(-c3cccc(-c4c5ccccc5nc5sc6ccccc6c45)c3)c3ccccc23)cc1. The van der Waals surface area contributed by atoms with Gasteiger partial charge in [0.15, 0.2) is 0 Å². The first-order chi connectivity index (χ1) is 21.3. The van der Waals surface area contributed by atoms with E-state index in [1.165, 1.54) is 75.8 Å². The minimum Gasteiger partial charge on any atom is -0.237 e. The monoisotopic (exact) mass is 563 g/mol. The van der Waals surface area contributed by atoms with E-state index in [1.807, 2.05) is 0 Å². The Bertz CT molecular complexity index is 2450. The second-order valence-corrected chi connectivity index (χ2v) is 12.1. The van der Waals surface area contributed by atoms with Gasteiger partial charge in [0.05, 0.1) is 5.52 Å². The van der Waals surface area contributed by atoms with Crippen LogP contribution in [-0.4, -0.2) is 4.98 Å². The van der Waals surface area contributed by atoms with E-state index in [-0.39, 0.29) is 0 Å². The number of fused-ring (bicyclic) bond motifs is 6. The Balaban J connectivity index is 1.38. The third-order valence-corrected chi connectivity index (χ3v) is 9.72. The average molecular weight is 564 g/mol. The molecule has 0 atom stereocenters. The summed E-state index contributed by atoms with van der Waals surface area (Å²) in [6.45, 7) is 0. The topological polar surface area (TPSA) is 12.9 Å². The molecule has 0 saturated carbocycles. The maximum absolute atomic E-state index is 5.12. The van der Waals surface area contributed by atoms with Crippen molar-refractivity contribution in [1.82, 2.24) is 4.98 Å². The van der Waals surface area contributed by atoms with Crippen LogP contribution < -0.4 is 0 Å². The number of benzene rings is 7. The van der Waals surface area contributed by atoms with Gasteiger partial charge in [0.25, 0.3) is 0 Å². The van der Waals surface area contributed by atoms with Crippen molar-refractivity contribution >= 4 is 64.1 Å². The fraction of sp³-hybridized carbons (Fsp3) is 0. The van der Waals surface area contributed by atoms with Gasteiger partial charge in [-0.3, -0.25) is 0 Å². The van der Waals surface area contributed by atoms with Crippen molar-refractivity contribution in [3.63, 3.8) is 0 Å². The minimum absolute atomic E-state index is 1.03. The molecule has 2 heterocycles. The zero-order valence-corrected chi connectivity index (χ0v) is 24.1. The van der Waals surface area contributed by atoms with Gasteiger partial charge in [-0.25, -0.2) is 4.98 Å². The predicted octanol–water partition coefficient (Wildman–Crippen LogP) is 11.9. The van der Waals surface area contributed by atoms with E-state index in [0.29, 0.717) is 0 Å². The first-order valence-corrected chi connectivity index (χ1v) is 15.5. The highest BCUT2D eigenvalue weighted by molar-refractivity contribution is 7.25. The van der Waals surface area contributed by atoms with Gasteiger partial charge in [-0.2, -0.15) is 0 Å². The first kappa shape index (κ1) is 24.3. The molecule has 43 heavy (non-hydrogen) atoms. The summed E-state index contributed by atoms with van der Waals surface area (Å²) in [5.74, 6) is 0. The maximum Gasteiger partial charge on any atom is 0.125 e. The lowest BCUT2D eigenvalue weighted by atomic mass is 9.85. The molecule has 7 aromatic carbocycles. The predicted molar refractivity (Wildman–Crippen MR) is 186 cm³/mol. The van der Waals surface area contributed by atoms with Crippen molar-refractivity contribution in [3.05, 3.63) is 152 Å². The number of pyridine rings is 1. The molecule has 0 bridgehead atoms. The molecule has 0 N–H and O–H groups in total. The van der Waals surface area contributed by atoms with Gasteiger partial charge < -0.3 is 0 Å². The van der Waals surface area contributed by atoms with E-state index in [2.05, 4.69) is 152 Å². The number of hydrogen-bond donors (Lipinski definition) is 0. The number of nitrogens with zero attached hydrogens (tertiary/aromatic N) is 1. The van der Waals surface area contributed by atoms with E-state index in [1.54, 1.807) is 11.3 Å². The van der Waals surface area contributed by atoms with Crippen LogP contribution >= 0.6 is 11.3 Å². The largest absolute Gasteiger partial charge is 0.237 e. The van der Waals surface area contributed by atoms with Crippen LogP contribution in [0.25, 0.3) is 86.1 Å². The zero-order chi connectivity index (χ0) is 28.3. The van der Waals surface area contributed by atoms with Crippen molar-refractivity contribution in [2.24, 2.45) is 0 Å². The molecule has 0 aliphatic rings. The summed E-state index contributed by atoms with van der Waals surface area (Å²) < 4.78 is 1.27. The van der Waals surface area contributed by atoms with E-state index in [4.69, 9.17) is 4.98 Å². The van der Waals surface area contributed by atoms with Crippen LogP contribution in [-0.2, 0) is 0 Å². The van der Waals surface area contributed by atoms with Crippen molar-refractivity contribution in [3.8, 4) is 33.4 Å². The minimum atomic E-state index is 1.03. The zero-order valence-electron chi connectivity index (χ0n) is 23.3. The van der Waals surface area contributed by atoms with Gasteiger partial charge in [0.2, 0.25) is 0 Å².